The summed E-state index contributed by atoms with van der Waals surface area (Å²) < 4.78 is 0.674. The minimum absolute atomic E-state index is 0.0223. The summed E-state index contributed by atoms with van der Waals surface area (Å²) in [5.74, 6) is -0.692. The second kappa shape index (κ2) is 5.07. The summed E-state index contributed by atoms with van der Waals surface area (Å²) >= 11 is 3.29. The van der Waals surface area contributed by atoms with Crippen LogP contribution < -0.4 is 0 Å². The van der Waals surface area contributed by atoms with Gasteiger partial charge < -0.3 is 10.0 Å². The molecule has 0 atom stereocenters. The maximum absolute atomic E-state index is 10.9. The van der Waals surface area contributed by atoms with E-state index in [4.69, 9.17) is 5.11 Å². The molecule has 0 aliphatic carbocycles. The molecule has 0 amide bonds. The SMILES string of the molecule is Cc1cc(Br)c(N=CN(C)C)nc1C(=O)O. The highest BCUT2D eigenvalue weighted by molar-refractivity contribution is 9.10. The Hall–Kier alpha value is -1.43. The molecule has 16 heavy (non-hydrogen) atoms. The standard InChI is InChI=1S/C10H12BrN3O2/c1-6-4-7(11)9(12-5-14(2)3)13-8(6)10(15)16/h4-5H,1-3H3,(H,15,16). The van der Waals surface area contributed by atoms with Crippen molar-refractivity contribution in [2.75, 3.05) is 14.1 Å². The van der Waals surface area contributed by atoms with E-state index in [1.165, 1.54) is 0 Å². The van der Waals surface area contributed by atoms with E-state index in [1.54, 1.807) is 24.2 Å². The van der Waals surface area contributed by atoms with Crippen LogP contribution in [-0.4, -0.2) is 41.4 Å². The molecule has 0 bridgehead atoms. The summed E-state index contributed by atoms with van der Waals surface area (Å²) in [6, 6.07) is 1.69. The first-order valence-electron chi connectivity index (χ1n) is 4.53. The second-order valence-electron chi connectivity index (χ2n) is 3.47. The van der Waals surface area contributed by atoms with Crippen molar-refractivity contribution in [1.82, 2.24) is 9.88 Å². The Morgan fingerprint density at radius 1 is 1.62 bits per heavy atom. The summed E-state index contributed by atoms with van der Waals surface area (Å²) in [6.45, 7) is 1.70. The fourth-order valence-electron chi connectivity index (χ4n) is 1.05. The van der Waals surface area contributed by atoms with Gasteiger partial charge in [0.25, 0.3) is 0 Å². The lowest BCUT2D eigenvalue weighted by Gasteiger charge is -2.05. The summed E-state index contributed by atoms with van der Waals surface area (Å²) in [6.07, 6.45) is 1.56. The monoisotopic (exact) mass is 285 g/mol. The van der Waals surface area contributed by atoms with Crippen molar-refractivity contribution < 1.29 is 9.90 Å². The number of hydrogen-bond donors (Lipinski definition) is 1. The van der Waals surface area contributed by atoms with Crippen molar-refractivity contribution in [3.8, 4) is 0 Å². The fourth-order valence-corrected chi connectivity index (χ4v) is 1.58. The molecule has 0 saturated heterocycles. The van der Waals surface area contributed by atoms with Gasteiger partial charge in [-0.05, 0) is 34.5 Å². The van der Waals surface area contributed by atoms with E-state index in [1.807, 2.05) is 14.1 Å². The number of hydrogen-bond acceptors (Lipinski definition) is 3. The van der Waals surface area contributed by atoms with Crippen LogP contribution in [0.3, 0.4) is 0 Å². The third kappa shape index (κ3) is 3.03. The molecule has 86 valence electrons. The average Bonchev–Trinajstić information content (AvgIpc) is 2.15. The second-order valence-corrected chi connectivity index (χ2v) is 4.33. The molecule has 1 aromatic heterocycles. The predicted octanol–water partition coefficient (Wildman–Crippen LogP) is 2.07. The Kier molecular flexibility index (Phi) is 4.00. The van der Waals surface area contributed by atoms with Crippen molar-refractivity contribution in [2.45, 2.75) is 6.92 Å². The van der Waals surface area contributed by atoms with Gasteiger partial charge >= 0.3 is 5.97 Å². The number of pyridine rings is 1. The first-order valence-corrected chi connectivity index (χ1v) is 5.32. The summed E-state index contributed by atoms with van der Waals surface area (Å²) in [5.41, 5.74) is 0.622. The van der Waals surface area contributed by atoms with E-state index >= 15 is 0 Å². The molecule has 0 aromatic carbocycles. The summed E-state index contributed by atoms with van der Waals surface area (Å²) in [7, 11) is 3.65. The van der Waals surface area contributed by atoms with E-state index in [0.717, 1.165) is 0 Å². The van der Waals surface area contributed by atoms with Gasteiger partial charge in [-0.2, -0.15) is 0 Å². The van der Waals surface area contributed by atoms with Crippen molar-refractivity contribution in [1.29, 1.82) is 0 Å². The Morgan fingerprint density at radius 3 is 2.75 bits per heavy atom. The Balaban J connectivity index is 3.20. The molecule has 1 heterocycles. The number of carboxylic acids is 1. The van der Waals surface area contributed by atoms with E-state index in [9.17, 15) is 4.79 Å². The minimum atomic E-state index is -1.05. The van der Waals surface area contributed by atoms with Gasteiger partial charge in [-0.15, -0.1) is 0 Å². The summed E-state index contributed by atoms with van der Waals surface area (Å²) in [5, 5.41) is 8.92. The largest absolute Gasteiger partial charge is 0.477 e. The van der Waals surface area contributed by atoms with Gasteiger partial charge in [0.1, 0.15) is 0 Å². The topological polar surface area (TPSA) is 65.8 Å². The number of halogens is 1. The number of carbonyl (C=O) groups is 1. The Bertz CT molecular complexity index is 444. The van der Waals surface area contributed by atoms with Gasteiger partial charge in [-0.1, -0.05) is 0 Å². The highest BCUT2D eigenvalue weighted by atomic mass is 79.9. The lowest BCUT2D eigenvalue weighted by molar-refractivity contribution is 0.0689. The minimum Gasteiger partial charge on any atom is -0.477 e. The molecule has 0 spiro atoms. The molecule has 1 aromatic rings. The Morgan fingerprint density at radius 2 is 2.25 bits per heavy atom. The third-order valence-electron chi connectivity index (χ3n) is 1.76. The predicted molar refractivity (Wildman–Crippen MR) is 65.5 cm³/mol. The van der Waals surface area contributed by atoms with Crippen LogP contribution in [0.25, 0.3) is 0 Å². The van der Waals surface area contributed by atoms with E-state index in [2.05, 4.69) is 25.9 Å². The molecule has 1 N–H and O–H groups in total. The highest BCUT2D eigenvalue weighted by Gasteiger charge is 2.12. The van der Waals surface area contributed by atoms with Crippen molar-refractivity contribution in [3.05, 3.63) is 21.8 Å². The van der Waals surface area contributed by atoms with Gasteiger partial charge in [-0.25, -0.2) is 14.8 Å². The van der Waals surface area contributed by atoms with Crippen LogP contribution in [0, 0.1) is 6.92 Å². The smallest absolute Gasteiger partial charge is 0.354 e. The molecule has 5 nitrogen and oxygen atoms in total. The lowest BCUT2D eigenvalue weighted by atomic mass is 10.2. The van der Waals surface area contributed by atoms with Gasteiger partial charge in [0.15, 0.2) is 11.5 Å². The highest BCUT2D eigenvalue weighted by Crippen LogP contribution is 2.25. The fraction of sp³-hybridized carbons (Fsp3) is 0.300. The van der Waals surface area contributed by atoms with Crippen LogP contribution in [0.5, 0.6) is 0 Å². The average molecular weight is 286 g/mol. The maximum atomic E-state index is 10.9. The molecular formula is C10H12BrN3O2. The van der Waals surface area contributed by atoms with Gasteiger partial charge in [-0.3, -0.25) is 0 Å². The van der Waals surface area contributed by atoms with Crippen molar-refractivity contribution >= 4 is 34.1 Å². The first kappa shape index (κ1) is 12.6. The number of nitrogens with zero attached hydrogens (tertiary/aromatic N) is 3. The summed E-state index contributed by atoms with van der Waals surface area (Å²) in [4.78, 5) is 20.7. The Labute approximate surface area is 102 Å². The molecule has 0 fully saturated rings. The number of aromatic nitrogens is 1. The van der Waals surface area contributed by atoms with Crippen LogP contribution >= 0.6 is 15.9 Å². The quantitative estimate of drug-likeness (QED) is 0.682. The van der Waals surface area contributed by atoms with Crippen LogP contribution in [0.15, 0.2) is 15.5 Å². The van der Waals surface area contributed by atoms with Crippen LogP contribution in [-0.2, 0) is 0 Å². The van der Waals surface area contributed by atoms with Crippen molar-refractivity contribution in [3.63, 3.8) is 0 Å². The molecule has 6 heteroatoms. The maximum Gasteiger partial charge on any atom is 0.354 e. The number of rotatable bonds is 3. The van der Waals surface area contributed by atoms with Gasteiger partial charge in [0, 0.05) is 14.1 Å². The molecule has 0 unspecified atom stereocenters. The van der Waals surface area contributed by atoms with Gasteiger partial charge in [0.2, 0.25) is 0 Å². The molecule has 0 aliphatic heterocycles. The van der Waals surface area contributed by atoms with E-state index < -0.39 is 5.97 Å². The zero-order valence-electron chi connectivity index (χ0n) is 9.23. The van der Waals surface area contributed by atoms with E-state index in [0.29, 0.717) is 15.9 Å². The third-order valence-corrected chi connectivity index (χ3v) is 2.35. The number of aliphatic imine (C=N–C) groups is 1. The lowest BCUT2D eigenvalue weighted by Crippen LogP contribution is -2.08. The zero-order valence-corrected chi connectivity index (χ0v) is 10.8. The number of aryl methyl sites for hydroxylation is 1. The molecule has 1 rings (SSSR count). The van der Waals surface area contributed by atoms with Crippen molar-refractivity contribution in [2.24, 2.45) is 4.99 Å². The zero-order chi connectivity index (χ0) is 12.3. The number of aromatic carboxylic acids is 1. The van der Waals surface area contributed by atoms with Gasteiger partial charge in [0.05, 0.1) is 10.8 Å². The molecular weight excluding hydrogens is 274 g/mol. The van der Waals surface area contributed by atoms with Crippen LogP contribution in [0.4, 0.5) is 5.82 Å². The van der Waals surface area contributed by atoms with Crippen LogP contribution in [0.1, 0.15) is 16.1 Å². The number of carboxylic acid groups (broad SMARTS) is 1. The normalized spacial score (nSPS) is 10.8. The molecule has 0 saturated carbocycles. The van der Waals surface area contributed by atoms with Crippen LogP contribution in [0.2, 0.25) is 0 Å². The molecule has 0 radical (unpaired) electrons. The van der Waals surface area contributed by atoms with E-state index in [-0.39, 0.29) is 5.69 Å². The molecule has 0 aliphatic rings. The first-order chi connectivity index (χ1) is 7.41.